The van der Waals surface area contributed by atoms with Crippen LogP contribution >= 0.6 is 0 Å². The number of aromatic nitrogens is 2. The Morgan fingerprint density at radius 3 is 2.00 bits per heavy atom. The van der Waals surface area contributed by atoms with Gasteiger partial charge in [0.2, 0.25) is 0 Å². The van der Waals surface area contributed by atoms with Crippen molar-refractivity contribution in [1.82, 2.24) is 9.78 Å². The number of ether oxygens (including phenoxy) is 2. The van der Waals surface area contributed by atoms with E-state index in [1.54, 1.807) is 37.4 Å². The van der Waals surface area contributed by atoms with Gasteiger partial charge in [-0.1, -0.05) is 17.7 Å². The molecule has 0 aliphatic heterocycles. The lowest BCUT2D eigenvalue weighted by molar-refractivity contribution is 0.0687. The number of hydrogen-bond acceptors (Lipinski definition) is 4. The lowest BCUT2D eigenvalue weighted by Gasteiger charge is -2.07. The molecule has 4 aromatic rings. The highest BCUT2D eigenvalue weighted by Gasteiger charge is 2.17. The molecule has 0 bridgehead atoms. The first kappa shape index (κ1) is 19.3. The second kappa shape index (κ2) is 8.13. The van der Waals surface area contributed by atoms with E-state index in [4.69, 9.17) is 9.47 Å². The molecule has 1 N–H and O–H groups in total. The fourth-order valence-electron chi connectivity index (χ4n) is 3.03. The summed E-state index contributed by atoms with van der Waals surface area (Å²) >= 11 is 0. The quantitative estimate of drug-likeness (QED) is 0.472. The molecule has 0 saturated heterocycles. The molecular weight excluding hydrogens is 380 g/mol. The van der Waals surface area contributed by atoms with Crippen LogP contribution in [-0.4, -0.2) is 28.0 Å². The highest BCUT2D eigenvalue weighted by molar-refractivity contribution is 5.88. The summed E-state index contributed by atoms with van der Waals surface area (Å²) in [7, 11) is 1.58. The Labute approximate surface area is 173 Å². The topological polar surface area (TPSA) is 73.6 Å². The number of methoxy groups -OCH3 is 1. The van der Waals surface area contributed by atoms with Gasteiger partial charge in [0.15, 0.2) is 5.69 Å². The molecule has 0 saturated carbocycles. The maximum absolute atomic E-state index is 11.7. The van der Waals surface area contributed by atoms with Crippen LogP contribution in [0, 0.1) is 6.92 Å². The smallest absolute Gasteiger partial charge is 0.354 e. The minimum atomic E-state index is -1.05. The summed E-state index contributed by atoms with van der Waals surface area (Å²) in [6, 6.07) is 23.8. The van der Waals surface area contributed by atoms with Crippen molar-refractivity contribution in [2.24, 2.45) is 0 Å². The van der Waals surface area contributed by atoms with E-state index in [1.165, 1.54) is 10.2 Å². The molecule has 4 rings (SSSR count). The Balaban J connectivity index is 1.61. The van der Waals surface area contributed by atoms with Crippen molar-refractivity contribution in [2.75, 3.05) is 7.11 Å². The second-order valence-corrected chi connectivity index (χ2v) is 6.77. The summed E-state index contributed by atoms with van der Waals surface area (Å²) in [4.78, 5) is 11.7. The summed E-state index contributed by atoms with van der Waals surface area (Å²) in [5.74, 6) is 1.08. The monoisotopic (exact) mass is 400 g/mol. The fraction of sp³-hybridized carbons (Fsp3) is 0.0833. The van der Waals surface area contributed by atoms with Gasteiger partial charge in [-0.2, -0.15) is 5.10 Å². The average molecular weight is 400 g/mol. The van der Waals surface area contributed by atoms with Gasteiger partial charge in [-0.05, 0) is 73.7 Å². The van der Waals surface area contributed by atoms with E-state index in [-0.39, 0.29) is 5.69 Å². The van der Waals surface area contributed by atoms with Crippen LogP contribution in [-0.2, 0) is 0 Å². The van der Waals surface area contributed by atoms with Crippen LogP contribution in [0.4, 0.5) is 0 Å². The minimum absolute atomic E-state index is 0.0788. The van der Waals surface area contributed by atoms with Gasteiger partial charge in [0.25, 0.3) is 0 Å². The standard InChI is InChI=1S/C24H20N2O4/c1-16-3-9-20(10-4-16)30-21-11-5-17(6-12-21)22-15-23(24(27)28)26(25-22)18-7-13-19(29-2)14-8-18/h3-15H,1-2H3,(H,27,28). The first-order valence-electron chi connectivity index (χ1n) is 9.36. The molecule has 0 amide bonds. The molecule has 30 heavy (non-hydrogen) atoms. The minimum Gasteiger partial charge on any atom is -0.497 e. The van der Waals surface area contributed by atoms with Crippen LogP contribution in [0.15, 0.2) is 78.9 Å². The highest BCUT2D eigenvalue weighted by atomic mass is 16.5. The van der Waals surface area contributed by atoms with E-state index in [2.05, 4.69) is 5.10 Å². The molecule has 6 nitrogen and oxygen atoms in total. The van der Waals surface area contributed by atoms with Crippen molar-refractivity contribution in [3.05, 3.63) is 90.1 Å². The van der Waals surface area contributed by atoms with Gasteiger partial charge in [0.1, 0.15) is 17.2 Å². The third-order valence-corrected chi connectivity index (χ3v) is 4.65. The Kier molecular flexibility index (Phi) is 5.22. The van der Waals surface area contributed by atoms with Gasteiger partial charge in [-0.25, -0.2) is 9.48 Å². The van der Waals surface area contributed by atoms with E-state index in [9.17, 15) is 9.90 Å². The lowest BCUT2D eigenvalue weighted by Crippen LogP contribution is -2.07. The van der Waals surface area contributed by atoms with Gasteiger partial charge >= 0.3 is 5.97 Å². The van der Waals surface area contributed by atoms with Crippen molar-refractivity contribution in [3.63, 3.8) is 0 Å². The molecule has 0 aliphatic rings. The number of hydrogen-bond donors (Lipinski definition) is 1. The number of aryl methyl sites for hydroxylation is 1. The summed E-state index contributed by atoms with van der Waals surface area (Å²) < 4.78 is 12.4. The van der Waals surface area contributed by atoms with Crippen molar-refractivity contribution < 1.29 is 19.4 Å². The van der Waals surface area contributed by atoms with Gasteiger partial charge in [-0.15, -0.1) is 0 Å². The van der Waals surface area contributed by atoms with E-state index in [1.807, 2.05) is 55.5 Å². The summed E-state index contributed by atoms with van der Waals surface area (Å²) in [6.45, 7) is 2.02. The third-order valence-electron chi connectivity index (χ3n) is 4.65. The summed E-state index contributed by atoms with van der Waals surface area (Å²) in [5, 5.41) is 14.1. The van der Waals surface area contributed by atoms with E-state index < -0.39 is 5.97 Å². The van der Waals surface area contributed by atoms with Gasteiger partial charge in [0, 0.05) is 5.56 Å². The molecule has 3 aromatic carbocycles. The van der Waals surface area contributed by atoms with Crippen LogP contribution < -0.4 is 9.47 Å². The largest absolute Gasteiger partial charge is 0.497 e. The number of carboxylic acids is 1. The first-order chi connectivity index (χ1) is 14.5. The number of carbonyl (C=O) groups is 1. The molecule has 1 heterocycles. The molecule has 0 atom stereocenters. The van der Waals surface area contributed by atoms with Crippen LogP contribution in [0.1, 0.15) is 16.1 Å². The number of benzene rings is 3. The van der Waals surface area contributed by atoms with Gasteiger partial charge in [0.05, 0.1) is 18.5 Å². The van der Waals surface area contributed by atoms with Crippen molar-refractivity contribution in [3.8, 4) is 34.2 Å². The highest BCUT2D eigenvalue weighted by Crippen LogP contribution is 2.27. The van der Waals surface area contributed by atoms with E-state index in [0.717, 1.165) is 11.3 Å². The molecule has 1 aromatic heterocycles. The van der Waals surface area contributed by atoms with Crippen molar-refractivity contribution in [1.29, 1.82) is 0 Å². The Morgan fingerprint density at radius 1 is 0.867 bits per heavy atom. The van der Waals surface area contributed by atoms with Crippen molar-refractivity contribution >= 4 is 5.97 Å². The number of carboxylic acid groups (broad SMARTS) is 1. The number of aromatic carboxylic acids is 1. The molecule has 0 spiro atoms. The Morgan fingerprint density at radius 2 is 1.43 bits per heavy atom. The van der Waals surface area contributed by atoms with Crippen LogP contribution in [0.2, 0.25) is 0 Å². The molecule has 0 fully saturated rings. The van der Waals surface area contributed by atoms with Crippen molar-refractivity contribution in [2.45, 2.75) is 6.92 Å². The predicted octanol–water partition coefficient (Wildman–Crippen LogP) is 5.35. The second-order valence-electron chi connectivity index (χ2n) is 6.77. The summed E-state index contributed by atoms with van der Waals surface area (Å²) in [6.07, 6.45) is 0. The molecule has 0 unspecified atom stereocenters. The first-order valence-corrected chi connectivity index (χ1v) is 9.36. The number of nitrogens with zero attached hydrogens (tertiary/aromatic N) is 2. The molecule has 0 radical (unpaired) electrons. The molecule has 0 aliphatic carbocycles. The maximum atomic E-state index is 11.7. The number of rotatable bonds is 6. The zero-order valence-corrected chi connectivity index (χ0v) is 16.6. The van der Waals surface area contributed by atoms with E-state index >= 15 is 0 Å². The van der Waals surface area contributed by atoms with Crippen LogP contribution in [0.25, 0.3) is 16.9 Å². The molecule has 150 valence electrons. The normalized spacial score (nSPS) is 10.6. The van der Waals surface area contributed by atoms with Gasteiger partial charge in [-0.3, -0.25) is 0 Å². The van der Waals surface area contributed by atoms with Crippen LogP contribution in [0.5, 0.6) is 17.2 Å². The maximum Gasteiger partial charge on any atom is 0.354 e. The van der Waals surface area contributed by atoms with E-state index in [0.29, 0.717) is 22.9 Å². The Hall–Kier alpha value is -4.06. The summed E-state index contributed by atoms with van der Waals surface area (Å²) in [5.41, 5.74) is 3.24. The van der Waals surface area contributed by atoms with Crippen LogP contribution in [0.3, 0.4) is 0 Å². The Bertz CT molecular complexity index is 1160. The van der Waals surface area contributed by atoms with Gasteiger partial charge < -0.3 is 14.6 Å². The molecular formula is C24H20N2O4. The SMILES string of the molecule is COc1ccc(-n2nc(-c3ccc(Oc4ccc(C)cc4)cc3)cc2C(=O)O)cc1. The predicted molar refractivity (Wildman–Crippen MR) is 114 cm³/mol. The zero-order chi connectivity index (χ0) is 21.1. The lowest BCUT2D eigenvalue weighted by atomic mass is 10.1. The fourth-order valence-corrected chi connectivity index (χ4v) is 3.03. The average Bonchev–Trinajstić information content (AvgIpc) is 3.22. The molecule has 6 heteroatoms. The zero-order valence-electron chi connectivity index (χ0n) is 16.6. The third kappa shape index (κ3) is 4.03.